The highest BCUT2D eigenvalue weighted by atomic mass is 35.5. The third-order valence-electron chi connectivity index (χ3n) is 8.11. The Morgan fingerprint density at radius 2 is 1.82 bits per heavy atom. The monoisotopic (exact) mass is 638 g/mol. The van der Waals surface area contributed by atoms with Crippen molar-refractivity contribution >= 4 is 46.2 Å². The molecule has 0 radical (unpaired) electrons. The number of nitrogens with zero attached hydrogens (tertiary/aromatic N) is 2. The van der Waals surface area contributed by atoms with Gasteiger partial charge in [-0.15, -0.1) is 0 Å². The summed E-state index contributed by atoms with van der Waals surface area (Å²) in [7, 11) is 0. The second kappa shape index (κ2) is 16.9. The minimum Gasteiger partial charge on any atom is -0.494 e. The molecule has 2 N–H and O–H groups in total. The number of esters is 1. The number of ether oxygens (including phenoxy) is 2. The average Bonchev–Trinajstić information content (AvgIpc) is 3.38. The summed E-state index contributed by atoms with van der Waals surface area (Å²) in [5.74, 6) is -2.00. The molecule has 242 valence electrons. The van der Waals surface area contributed by atoms with Crippen molar-refractivity contribution < 1.29 is 28.7 Å². The van der Waals surface area contributed by atoms with Gasteiger partial charge in [0.1, 0.15) is 11.8 Å². The molecule has 45 heavy (non-hydrogen) atoms. The first kappa shape index (κ1) is 33.8. The average molecular weight is 639 g/mol. The van der Waals surface area contributed by atoms with E-state index in [0.717, 1.165) is 42.3 Å². The van der Waals surface area contributed by atoms with Crippen molar-refractivity contribution in [2.75, 3.05) is 32.8 Å². The molecular weight excluding hydrogens is 596 g/mol. The molecule has 1 aliphatic rings. The molecule has 4 rings (SSSR count). The van der Waals surface area contributed by atoms with Crippen LogP contribution in [-0.4, -0.2) is 72.0 Å². The van der Waals surface area contributed by atoms with E-state index in [2.05, 4.69) is 27.5 Å². The van der Waals surface area contributed by atoms with E-state index in [9.17, 15) is 19.2 Å². The van der Waals surface area contributed by atoms with Crippen molar-refractivity contribution in [3.63, 3.8) is 0 Å². The summed E-state index contributed by atoms with van der Waals surface area (Å²) in [6, 6.07) is 14.1. The summed E-state index contributed by atoms with van der Waals surface area (Å²) in [6.45, 7) is 5.83. The molecule has 2 atom stereocenters. The van der Waals surface area contributed by atoms with E-state index >= 15 is 0 Å². The fourth-order valence-corrected chi connectivity index (χ4v) is 5.68. The predicted octanol–water partition coefficient (Wildman–Crippen LogP) is 4.51. The van der Waals surface area contributed by atoms with Gasteiger partial charge in [-0.2, -0.15) is 0 Å². The van der Waals surface area contributed by atoms with Crippen LogP contribution in [-0.2, 0) is 36.9 Å². The van der Waals surface area contributed by atoms with Gasteiger partial charge in [0.05, 0.1) is 18.9 Å². The zero-order chi connectivity index (χ0) is 32.2. The van der Waals surface area contributed by atoms with Crippen LogP contribution in [0.4, 0.5) is 0 Å². The molecule has 0 aliphatic carbocycles. The summed E-state index contributed by atoms with van der Waals surface area (Å²) in [4.78, 5) is 54.0. The number of hydrogen-bond acceptors (Lipinski definition) is 6. The number of amides is 3. The van der Waals surface area contributed by atoms with E-state index in [1.54, 1.807) is 29.2 Å². The highest BCUT2D eigenvalue weighted by molar-refractivity contribution is 6.30. The number of rotatable bonds is 12. The smallest absolute Gasteiger partial charge is 0.307 e. The van der Waals surface area contributed by atoms with E-state index in [1.807, 2.05) is 32.0 Å². The van der Waals surface area contributed by atoms with E-state index in [4.69, 9.17) is 21.1 Å². The van der Waals surface area contributed by atoms with E-state index < -0.39 is 30.4 Å². The molecule has 0 spiro atoms. The third kappa shape index (κ3) is 9.72. The number of likely N-dealkylation sites (N-methyl/N-ethyl adjacent to an activating group) is 1. The van der Waals surface area contributed by atoms with Crippen molar-refractivity contribution in [2.45, 2.75) is 65.0 Å². The van der Waals surface area contributed by atoms with Crippen molar-refractivity contribution in [1.29, 1.82) is 0 Å². The Kier molecular flexibility index (Phi) is 12.7. The maximum absolute atomic E-state index is 13.8. The predicted molar refractivity (Wildman–Crippen MR) is 173 cm³/mol. The maximum Gasteiger partial charge on any atom is 0.307 e. The molecule has 1 aromatic heterocycles. The lowest BCUT2D eigenvalue weighted by atomic mass is 9.98. The number of fused-ring (bicyclic) bond motifs is 5. The normalized spacial score (nSPS) is 16.1. The van der Waals surface area contributed by atoms with Gasteiger partial charge in [-0.3, -0.25) is 19.2 Å². The zero-order valence-electron chi connectivity index (χ0n) is 26.1. The molecule has 0 unspecified atom stereocenters. The molecule has 11 heteroatoms. The van der Waals surface area contributed by atoms with E-state index in [-0.39, 0.29) is 31.3 Å². The highest BCUT2D eigenvalue weighted by Crippen LogP contribution is 2.24. The van der Waals surface area contributed by atoms with Gasteiger partial charge in [-0.05, 0) is 75.4 Å². The first-order chi connectivity index (χ1) is 21.8. The molecule has 10 nitrogen and oxygen atoms in total. The molecule has 1 aliphatic heterocycles. The molecule has 2 aromatic carbocycles. The van der Waals surface area contributed by atoms with Crippen LogP contribution in [0, 0.1) is 5.92 Å². The zero-order valence-corrected chi connectivity index (χ0v) is 26.8. The van der Waals surface area contributed by atoms with Crippen LogP contribution in [0.15, 0.2) is 54.7 Å². The van der Waals surface area contributed by atoms with Gasteiger partial charge in [0.25, 0.3) is 5.91 Å². The van der Waals surface area contributed by atoms with Gasteiger partial charge in [-0.25, -0.2) is 0 Å². The molecular formula is C34H43ClN4O6. The molecule has 3 amide bonds. The van der Waals surface area contributed by atoms with Crippen LogP contribution in [0.5, 0.6) is 5.75 Å². The lowest BCUT2D eigenvalue weighted by molar-refractivity contribution is -0.153. The molecule has 2 bridgehead atoms. The van der Waals surface area contributed by atoms with E-state index in [1.165, 1.54) is 0 Å². The lowest BCUT2D eigenvalue weighted by Gasteiger charge is -2.23. The number of benzene rings is 2. The molecule has 2 heterocycles. The van der Waals surface area contributed by atoms with Gasteiger partial charge in [0, 0.05) is 54.7 Å². The molecule has 0 saturated heterocycles. The topological polar surface area (TPSA) is 119 Å². The highest BCUT2D eigenvalue weighted by Gasteiger charge is 2.29. The van der Waals surface area contributed by atoms with Crippen molar-refractivity contribution in [2.24, 2.45) is 5.92 Å². The van der Waals surface area contributed by atoms with Gasteiger partial charge in [0.15, 0.2) is 6.61 Å². The number of aromatic nitrogens is 1. The van der Waals surface area contributed by atoms with Crippen molar-refractivity contribution in [1.82, 2.24) is 20.1 Å². The second-order valence-corrected chi connectivity index (χ2v) is 11.6. The Balaban J connectivity index is 1.50. The first-order valence-electron chi connectivity index (χ1n) is 15.8. The fourth-order valence-electron chi connectivity index (χ4n) is 5.55. The number of para-hydroxylation sites is 1. The number of aryl methyl sites for hydroxylation is 1. The minimum atomic E-state index is -0.858. The first-order valence-corrected chi connectivity index (χ1v) is 16.1. The Hall–Kier alpha value is -4.05. The van der Waals surface area contributed by atoms with Gasteiger partial charge in [-0.1, -0.05) is 29.8 Å². The maximum atomic E-state index is 13.8. The largest absolute Gasteiger partial charge is 0.494 e. The quantitative estimate of drug-likeness (QED) is 0.282. The second-order valence-electron chi connectivity index (χ2n) is 11.2. The van der Waals surface area contributed by atoms with Gasteiger partial charge in [0.2, 0.25) is 11.8 Å². The summed E-state index contributed by atoms with van der Waals surface area (Å²) in [5, 5.41) is 7.52. The number of hydrogen-bond donors (Lipinski definition) is 2. The minimum absolute atomic E-state index is 0.135. The SMILES string of the molecule is CCN(CC)C(=O)COC(=O)C[C@@H](CCOc1ccc(Cl)cc1)C(=O)N[C@H]1Cc2cn(c3ccccc23)CCCCCNC1=O. The lowest BCUT2D eigenvalue weighted by Crippen LogP contribution is -2.50. The third-order valence-corrected chi connectivity index (χ3v) is 8.36. The molecule has 0 fully saturated rings. The van der Waals surface area contributed by atoms with Crippen molar-refractivity contribution in [3.8, 4) is 5.75 Å². The van der Waals surface area contributed by atoms with Crippen LogP contribution in [0.25, 0.3) is 10.9 Å². The van der Waals surface area contributed by atoms with Crippen LogP contribution >= 0.6 is 11.6 Å². The van der Waals surface area contributed by atoms with Crippen LogP contribution < -0.4 is 15.4 Å². The van der Waals surface area contributed by atoms with Crippen LogP contribution in [0.3, 0.4) is 0 Å². The van der Waals surface area contributed by atoms with Gasteiger partial charge >= 0.3 is 5.97 Å². The number of nitrogens with one attached hydrogen (secondary N) is 2. The summed E-state index contributed by atoms with van der Waals surface area (Å²) in [5.41, 5.74) is 2.06. The van der Waals surface area contributed by atoms with Crippen LogP contribution in [0.1, 0.15) is 51.5 Å². The Labute approximate surface area is 269 Å². The summed E-state index contributed by atoms with van der Waals surface area (Å²) < 4.78 is 13.3. The summed E-state index contributed by atoms with van der Waals surface area (Å²) >= 11 is 5.97. The Bertz CT molecular complexity index is 1450. The van der Waals surface area contributed by atoms with Crippen LogP contribution in [0.2, 0.25) is 5.02 Å². The number of halogens is 1. The Morgan fingerprint density at radius 3 is 2.58 bits per heavy atom. The molecule has 0 saturated carbocycles. The number of carbonyl (C=O) groups excluding carboxylic acids is 4. The van der Waals surface area contributed by atoms with E-state index in [0.29, 0.717) is 36.8 Å². The van der Waals surface area contributed by atoms with Gasteiger partial charge < -0.3 is 29.6 Å². The number of carbonyl (C=O) groups is 4. The standard InChI is InChI=1S/C34H43ClN4O6/c1-3-38(4-2)31(40)23-45-32(41)21-24(16-19-44-27-14-12-26(35)13-15-27)33(42)37-29-20-25-22-39(30-11-7-6-10-28(25)30)18-9-5-8-17-36-34(29)43/h6-7,10-15,22,24,29H,3-5,8-9,16-21,23H2,1-2H3,(H,36,43)(H,37,42)/t24-,29+/m1/s1. The van der Waals surface area contributed by atoms with Crippen molar-refractivity contribution in [3.05, 3.63) is 65.3 Å². The molecule has 3 aromatic rings. The summed E-state index contributed by atoms with van der Waals surface area (Å²) in [6.07, 6.45) is 5.08. The Morgan fingerprint density at radius 1 is 1.07 bits per heavy atom. The fraction of sp³-hybridized carbons (Fsp3) is 0.471.